The van der Waals surface area contributed by atoms with Crippen LogP contribution in [0.1, 0.15) is 91.0 Å². The highest BCUT2D eigenvalue weighted by molar-refractivity contribution is 5.91. The minimum absolute atomic E-state index is 0.00136. The van der Waals surface area contributed by atoms with Crippen molar-refractivity contribution in [3.05, 3.63) is 110 Å². The summed E-state index contributed by atoms with van der Waals surface area (Å²) >= 11 is 0. The Morgan fingerprint density at radius 3 is 2.35 bits per heavy atom. The molecule has 10 heteroatoms. The van der Waals surface area contributed by atoms with Crippen molar-refractivity contribution in [3.8, 4) is 11.5 Å². The normalized spacial score (nSPS) is 23.0. The Balaban J connectivity index is 0.973. The molecule has 0 saturated carbocycles. The molecule has 55 heavy (non-hydrogen) atoms. The number of allylic oxidation sites excluding steroid dienone is 2. The molecule has 290 valence electrons. The molecular formula is C45H50O10. The van der Waals surface area contributed by atoms with Crippen molar-refractivity contribution < 1.29 is 41.7 Å². The zero-order chi connectivity index (χ0) is 39.0. The molecule has 0 bridgehead atoms. The first-order valence-electron chi connectivity index (χ1n) is 18.9. The molecule has 3 aliphatic heterocycles. The predicted octanol–water partition coefficient (Wildman–Crippen LogP) is 8.49. The number of hydrogen-bond donors (Lipinski definition) is 0. The van der Waals surface area contributed by atoms with E-state index in [0.29, 0.717) is 59.8 Å². The minimum atomic E-state index is -1.38. The predicted molar refractivity (Wildman–Crippen MR) is 210 cm³/mol. The maximum Gasteiger partial charge on any atom is 0.350 e. The van der Waals surface area contributed by atoms with Crippen molar-refractivity contribution in [2.75, 3.05) is 13.2 Å². The third kappa shape index (κ3) is 8.63. The molecular weight excluding hydrogens is 700 g/mol. The Morgan fingerprint density at radius 2 is 1.60 bits per heavy atom. The Morgan fingerprint density at radius 1 is 0.891 bits per heavy atom. The summed E-state index contributed by atoms with van der Waals surface area (Å²) < 4.78 is 54.4. The lowest BCUT2D eigenvalue weighted by Gasteiger charge is -2.30. The molecule has 7 rings (SSSR count). The van der Waals surface area contributed by atoms with Crippen LogP contribution in [0.25, 0.3) is 34.6 Å². The van der Waals surface area contributed by atoms with E-state index in [2.05, 4.69) is 45.6 Å². The molecule has 4 aromatic rings. The highest BCUT2D eigenvalue weighted by Crippen LogP contribution is 2.48. The molecule has 0 radical (unpaired) electrons. The van der Waals surface area contributed by atoms with Gasteiger partial charge < -0.3 is 41.7 Å². The summed E-state index contributed by atoms with van der Waals surface area (Å²) in [7, 11) is 0. The number of ether oxygens (including phenoxy) is 6. The van der Waals surface area contributed by atoms with Gasteiger partial charge in [-0.05, 0) is 123 Å². The van der Waals surface area contributed by atoms with Crippen molar-refractivity contribution in [1.29, 1.82) is 0 Å². The van der Waals surface area contributed by atoms with Crippen LogP contribution in [0.2, 0.25) is 0 Å². The van der Waals surface area contributed by atoms with Crippen LogP contribution in [-0.4, -0.2) is 42.6 Å². The number of furan rings is 2. The van der Waals surface area contributed by atoms with Crippen molar-refractivity contribution in [1.82, 2.24) is 0 Å². The largest absolute Gasteiger partial charge is 0.493 e. The monoisotopic (exact) mass is 750 g/mol. The van der Waals surface area contributed by atoms with Gasteiger partial charge in [-0.2, -0.15) is 0 Å². The van der Waals surface area contributed by atoms with Gasteiger partial charge in [0.1, 0.15) is 41.8 Å². The van der Waals surface area contributed by atoms with E-state index in [-0.39, 0.29) is 11.7 Å². The number of rotatable bonds is 13. The fourth-order valence-electron chi connectivity index (χ4n) is 6.95. The second-order valence-electron chi connectivity index (χ2n) is 15.6. The molecule has 3 aliphatic rings. The molecule has 10 nitrogen and oxygen atoms in total. The van der Waals surface area contributed by atoms with Crippen LogP contribution in [0.5, 0.6) is 11.5 Å². The molecule has 0 aliphatic carbocycles. The van der Waals surface area contributed by atoms with Gasteiger partial charge in [0.05, 0.1) is 52.1 Å². The zero-order valence-electron chi connectivity index (χ0n) is 32.9. The van der Waals surface area contributed by atoms with Gasteiger partial charge in [0.25, 0.3) is 0 Å². The quantitative estimate of drug-likeness (QED) is 0.0974. The average molecular weight is 751 g/mol. The van der Waals surface area contributed by atoms with Gasteiger partial charge in [0.15, 0.2) is 5.42 Å². The number of epoxide rings is 1. The van der Waals surface area contributed by atoms with E-state index < -0.39 is 17.2 Å². The van der Waals surface area contributed by atoms with Gasteiger partial charge in [-0.3, -0.25) is 0 Å². The SMILES string of the molecule is C/C(=C\COc1c2c(cc3occc13)OC1(C=C2)OC(CC/C(C)=C/CO/C(C)=c2\ccoc2=C=Cc2oc(=O)ccc2C)C(C)(C)O1)CCC1OC1(C)C. The van der Waals surface area contributed by atoms with Gasteiger partial charge in [-0.1, -0.05) is 16.9 Å². The van der Waals surface area contributed by atoms with Gasteiger partial charge in [-0.25, -0.2) is 4.79 Å². The lowest BCUT2D eigenvalue weighted by Crippen LogP contribution is -2.38. The molecule has 2 saturated heterocycles. The molecule has 3 unspecified atom stereocenters. The second kappa shape index (κ2) is 15.3. The maximum absolute atomic E-state index is 11.6. The summed E-state index contributed by atoms with van der Waals surface area (Å²) in [6, 6.07) is 8.70. The maximum atomic E-state index is 11.6. The van der Waals surface area contributed by atoms with Crippen LogP contribution in [0.4, 0.5) is 0 Å². The molecule has 3 aromatic heterocycles. The molecule has 2 fully saturated rings. The Labute approximate surface area is 321 Å². The molecule has 1 aromatic carbocycles. The third-order valence-electron chi connectivity index (χ3n) is 10.5. The third-order valence-corrected chi connectivity index (χ3v) is 10.5. The standard InChI is InChI=1S/C45H50O10/c1-28(18-23-47-31(4)32-20-25-48-36(32)13-12-35-30(3)11-16-41(46)51-35)10-15-40-44(7,8)55-45(54-40)22-17-33-38(52-45)27-37-34(21-26-49-37)42(33)50-24-19-29(2)9-14-39-43(5,6)53-39/h11-12,16-22,25-27,39-40H,9-10,14-15,23-24H2,1-8H3/b28-18+,29-19+,32-31+. The average Bonchev–Trinajstić information content (AvgIpc) is 3.53. The lowest BCUT2D eigenvalue weighted by atomic mass is 9.96. The summed E-state index contributed by atoms with van der Waals surface area (Å²) in [5, 5.41) is 1.64. The van der Waals surface area contributed by atoms with Crippen LogP contribution in [0.15, 0.2) is 90.3 Å². The van der Waals surface area contributed by atoms with E-state index in [1.54, 1.807) is 24.7 Å². The molecule has 3 atom stereocenters. The smallest absolute Gasteiger partial charge is 0.350 e. The molecule has 1 spiro atoms. The minimum Gasteiger partial charge on any atom is -0.493 e. The Bertz CT molecular complexity index is 2370. The molecule has 0 N–H and O–H groups in total. The summed E-state index contributed by atoms with van der Waals surface area (Å²) in [5.41, 5.74) is 7.24. The summed E-state index contributed by atoms with van der Waals surface area (Å²) in [6.07, 6.45) is 16.4. The van der Waals surface area contributed by atoms with E-state index in [4.69, 9.17) is 41.7 Å². The Hall–Kier alpha value is -4.99. The van der Waals surface area contributed by atoms with Gasteiger partial charge in [-0.15, -0.1) is 0 Å². The Kier molecular flexibility index (Phi) is 10.6. The van der Waals surface area contributed by atoms with Crippen molar-refractivity contribution in [2.45, 2.75) is 110 Å². The fourth-order valence-corrected chi connectivity index (χ4v) is 6.95. The summed E-state index contributed by atoms with van der Waals surface area (Å²) in [5.74, 6) is 1.01. The number of hydrogen-bond acceptors (Lipinski definition) is 10. The topological polar surface area (TPSA) is 115 Å². The zero-order valence-corrected chi connectivity index (χ0v) is 32.9. The van der Waals surface area contributed by atoms with Crippen molar-refractivity contribution >= 4 is 34.6 Å². The van der Waals surface area contributed by atoms with Crippen molar-refractivity contribution in [3.63, 3.8) is 0 Å². The fraction of sp³-hybridized carbons (Fsp3) is 0.422. The molecule has 0 amide bonds. The summed E-state index contributed by atoms with van der Waals surface area (Å²) in [4.78, 5) is 11.6. The number of fused-ring (bicyclic) bond motifs is 2. The van der Waals surface area contributed by atoms with E-state index in [1.807, 2.05) is 58.0 Å². The number of aryl methyl sites for hydroxylation is 1. The van der Waals surface area contributed by atoms with Crippen LogP contribution in [-0.2, 0) is 18.9 Å². The van der Waals surface area contributed by atoms with Gasteiger partial charge in [0, 0.05) is 24.3 Å². The molecule has 6 heterocycles. The van der Waals surface area contributed by atoms with Gasteiger partial charge in [0.2, 0.25) is 0 Å². The second-order valence-corrected chi connectivity index (χ2v) is 15.6. The van der Waals surface area contributed by atoms with Crippen LogP contribution in [0, 0.1) is 6.92 Å². The first-order chi connectivity index (χ1) is 26.2. The van der Waals surface area contributed by atoms with E-state index >= 15 is 0 Å². The van der Waals surface area contributed by atoms with Crippen LogP contribution < -0.4 is 25.7 Å². The highest BCUT2D eigenvalue weighted by Gasteiger charge is 2.54. The van der Waals surface area contributed by atoms with Crippen LogP contribution in [0.3, 0.4) is 0 Å². The van der Waals surface area contributed by atoms with E-state index in [9.17, 15) is 4.79 Å². The lowest BCUT2D eigenvalue weighted by molar-refractivity contribution is -0.270. The number of benzene rings is 1. The van der Waals surface area contributed by atoms with E-state index in [1.165, 1.54) is 11.6 Å². The highest BCUT2D eigenvalue weighted by atomic mass is 16.9. The van der Waals surface area contributed by atoms with Crippen LogP contribution >= 0.6 is 0 Å². The van der Waals surface area contributed by atoms with Gasteiger partial charge >= 0.3 is 11.6 Å². The van der Waals surface area contributed by atoms with Crippen molar-refractivity contribution in [2.24, 2.45) is 0 Å². The first kappa shape index (κ1) is 38.3. The first-order valence-corrected chi connectivity index (χ1v) is 18.9. The van der Waals surface area contributed by atoms with E-state index in [0.717, 1.165) is 46.6 Å². The summed E-state index contributed by atoms with van der Waals surface area (Å²) in [6.45, 7) is 17.1.